The first kappa shape index (κ1) is 12.3. The van der Waals surface area contributed by atoms with E-state index < -0.39 is 17.6 Å². The van der Waals surface area contributed by atoms with Crippen molar-refractivity contribution in [3.05, 3.63) is 0 Å². The van der Waals surface area contributed by atoms with Crippen LogP contribution in [0.1, 0.15) is 19.8 Å². The third kappa shape index (κ3) is 2.40. The molecule has 0 saturated carbocycles. The molecule has 4 nitrogen and oxygen atoms in total. The first-order valence-electron chi connectivity index (χ1n) is 4.57. The smallest absolute Gasteiger partial charge is 0.310 e. The highest BCUT2D eigenvalue weighted by molar-refractivity contribution is 5.85. The molecular formula is C8H13F3N2O2. The molecule has 1 unspecified atom stereocenters. The van der Waals surface area contributed by atoms with Gasteiger partial charge in [0, 0.05) is 6.54 Å². The lowest BCUT2D eigenvalue weighted by atomic mass is 10.0. The van der Waals surface area contributed by atoms with Gasteiger partial charge in [0.15, 0.2) is 5.54 Å². The second-order valence-electron chi connectivity index (χ2n) is 3.65. The second-order valence-corrected chi connectivity index (χ2v) is 3.65. The number of halogens is 3. The zero-order chi connectivity index (χ0) is 11.7. The summed E-state index contributed by atoms with van der Waals surface area (Å²) in [6.45, 7) is 1.05. The monoisotopic (exact) mass is 226 g/mol. The number of rotatable bonds is 1. The van der Waals surface area contributed by atoms with Gasteiger partial charge >= 0.3 is 6.18 Å². The van der Waals surface area contributed by atoms with Gasteiger partial charge < -0.3 is 5.73 Å². The van der Waals surface area contributed by atoms with E-state index >= 15 is 0 Å². The van der Waals surface area contributed by atoms with Gasteiger partial charge in [-0.15, -0.1) is 0 Å². The van der Waals surface area contributed by atoms with E-state index in [2.05, 4.69) is 0 Å². The molecule has 0 aliphatic carbocycles. The van der Waals surface area contributed by atoms with Crippen LogP contribution in [0, 0.1) is 0 Å². The van der Waals surface area contributed by atoms with E-state index in [4.69, 9.17) is 10.6 Å². The summed E-state index contributed by atoms with van der Waals surface area (Å²) in [6, 6.07) is 0. The number of nitrogens with zero attached hydrogens (tertiary/aromatic N) is 1. The Morgan fingerprint density at radius 3 is 2.40 bits per heavy atom. The molecule has 1 aliphatic heterocycles. The lowest BCUT2D eigenvalue weighted by Gasteiger charge is -2.33. The van der Waals surface area contributed by atoms with Gasteiger partial charge in [-0.2, -0.15) is 13.2 Å². The predicted molar refractivity (Wildman–Crippen MR) is 45.5 cm³/mol. The number of hydrogen-bond donors (Lipinski definition) is 1. The van der Waals surface area contributed by atoms with Crippen LogP contribution in [0.2, 0.25) is 0 Å². The first-order valence-corrected chi connectivity index (χ1v) is 4.57. The Morgan fingerprint density at radius 1 is 1.40 bits per heavy atom. The van der Waals surface area contributed by atoms with Crippen LogP contribution in [-0.4, -0.2) is 35.8 Å². The van der Waals surface area contributed by atoms with Crippen LogP contribution < -0.4 is 5.73 Å². The van der Waals surface area contributed by atoms with E-state index in [1.165, 1.54) is 0 Å². The summed E-state index contributed by atoms with van der Waals surface area (Å²) < 4.78 is 37.2. The summed E-state index contributed by atoms with van der Waals surface area (Å²) in [5.41, 5.74) is 2.09. The minimum absolute atomic E-state index is 0.154. The lowest BCUT2D eigenvalue weighted by molar-refractivity contribution is -0.230. The average molecular weight is 226 g/mol. The van der Waals surface area contributed by atoms with Crippen molar-refractivity contribution in [2.75, 3.05) is 13.2 Å². The van der Waals surface area contributed by atoms with Crippen LogP contribution in [0.4, 0.5) is 13.2 Å². The maximum Gasteiger partial charge on any atom is 0.415 e. The number of nitrogens with two attached hydrogens (primary N) is 1. The highest BCUT2D eigenvalue weighted by Gasteiger charge is 2.55. The van der Waals surface area contributed by atoms with Crippen LogP contribution in [0.3, 0.4) is 0 Å². The van der Waals surface area contributed by atoms with Gasteiger partial charge in [-0.05, 0) is 19.8 Å². The number of alkyl halides is 3. The van der Waals surface area contributed by atoms with Gasteiger partial charge in [0.2, 0.25) is 0 Å². The summed E-state index contributed by atoms with van der Waals surface area (Å²) in [6.07, 6.45) is -3.42. The molecule has 0 radical (unpaired) electrons. The topological polar surface area (TPSA) is 55.6 Å². The third-order valence-electron chi connectivity index (χ3n) is 2.26. The molecule has 1 atom stereocenters. The fourth-order valence-electron chi connectivity index (χ4n) is 1.14. The van der Waals surface area contributed by atoms with E-state index in [0.29, 0.717) is 18.4 Å². The predicted octanol–water partition coefficient (Wildman–Crippen LogP) is 0.820. The third-order valence-corrected chi connectivity index (χ3v) is 2.26. The fraction of sp³-hybridized carbons (Fsp3) is 0.875. The Kier molecular flexibility index (Phi) is 3.25. The molecule has 0 aromatic rings. The lowest BCUT2D eigenvalue weighted by Crippen LogP contribution is -2.62. The highest BCUT2D eigenvalue weighted by atomic mass is 19.4. The minimum Gasteiger partial charge on any atom is -0.310 e. The largest absolute Gasteiger partial charge is 0.415 e. The molecule has 0 aromatic heterocycles. The zero-order valence-electron chi connectivity index (χ0n) is 8.30. The standard InChI is InChI=1S/C8H13F3N2O2/c1-7(12,8(9,10)11)6(14)13-4-2-3-5-15-13/h2-5,12H2,1H3. The van der Waals surface area contributed by atoms with Crippen LogP contribution in [0.25, 0.3) is 0 Å². The normalized spacial score (nSPS) is 22.3. The summed E-state index contributed by atoms with van der Waals surface area (Å²) >= 11 is 0. The number of carbonyl (C=O) groups excluding carboxylic acids is 1. The molecule has 7 heteroatoms. The molecule has 1 amide bonds. The zero-order valence-corrected chi connectivity index (χ0v) is 8.30. The fourth-order valence-corrected chi connectivity index (χ4v) is 1.14. The van der Waals surface area contributed by atoms with Crippen molar-refractivity contribution >= 4 is 5.91 Å². The van der Waals surface area contributed by atoms with Gasteiger partial charge in [0.25, 0.3) is 5.91 Å². The molecule has 0 aromatic carbocycles. The number of amides is 1. The van der Waals surface area contributed by atoms with Crippen molar-refractivity contribution < 1.29 is 22.8 Å². The summed E-state index contributed by atoms with van der Waals surface area (Å²) in [7, 11) is 0. The van der Waals surface area contributed by atoms with Crippen molar-refractivity contribution in [3.63, 3.8) is 0 Å². The Hall–Kier alpha value is -0.820. The van der Waals surface area contributed by atoms with E-state index in [1.54, 1.807) is 0 Å². The Labute approximate surface area is 85.1 Å². The molecule has 0 bridgehead atoms. The maximum atomic E-state index is 12.4. The molecule has 1 heterocycles. The maximum absolute atomic E-state index is 12.4. The molecule has 1 saturated heterocycles. The average Bonchev–Trinajstić information content (AvgIpc) is 2.16. The summed E-state index contributed by atoms with van der Waals surface area (Å²) in [5.74, 6) is -1.24. The summed E-state index contributed by atoms with van der Waals surface area (Å²) in [4.78, 5) is 16.2. The first-order chi connectivity index (χ1) is 6.77. The van der Waals surface area contributed by atoms with E-state index in [1.807, 2.05) is 0 Å². The molecule has 15 heavy (non-hydrogen) atoms. The molecular weight excluding hydrogens is 213 g/mol. The number of hydroxylamine groups is 2. The van der Waals surface area contributed by atoms with Crippen molar-refractivity contribution in [1.29, 1.82) is 0 Å². The van der Waals surface area contributed by atoms with Crippen molar-refractivity contribution in [1.82, 2.24) is 5.06 Å². The minimum atomic E-state index is -4.77. The molecule has 1 rings (SSSR count). The summed E-state index contributed by atoms with van der Waals surface area (Å²) in [5, 5.41) is 0.705. The Bertz CT molecular complexity index is 247. The Morgan fingerprint density at radius 2 is 2.00 bits per heavy atom. The second kappa shape index (κ2) is 3.97. The van der Waals surface area contributed by atoms with Gasteiger partial charge in [0.05, 0.1) is 6.61 Å². The van der Waals surface area contributed by atoms with Crippen LogP contribution in [-0.2, 0) is 9.63 Å². The van der Waals surface area contributed by atoms with Crippen molar-refractivity contribution in [2.45, 2.75) is 31.5 Å². The van der Waals surface area contributed by atoms with E-state index in [-0.39, 0.29) is 13.2 Å². The van der Waals surface area contributed by atoms with Gasteiger partial charge in [-0.25, -0.2) is 5.06 Å². The van der Waals surface area contributed by atoms with Gasteiger partial charge in [-0.3, -0.25) is 9.63 Å². The molecule has 1 fully saturated rings. The number of carbonyl (C=O) groups is 1. The number of hydrogen-bond acceptors (Lipinski definition) is 3. The van der Waals surface area contributed by atoms with Gasteiger partial charge in [-0.1, -0.05) is 0 Å². The molecule has 1 aliphatic rings. The van der Waals surface area contributed by atoms with Crippen LogP contribution in [0.15, 0.2) is 0 Å². The van der Waals surface area contributed by atoms with Crippen LogP contribution >= 0.6 is 0 Å². The van der Waals surface area contributed by atoms with E-state index in [0.717, 1.165) is 6.42 Å². The quantitative estimate of drug-likeness (QED) is 0.720. The molecule has 0 spiro atoms. The van der Waals surface area contributed by atoms with Crippen molar-refractivity contribution in [2.24, 2.45) is 5.73 Å². The Balaban J connectivity index is 2.74. The SMILES string of the molecule is CC(N)(C(=O)N1CCCCO1)C(F)(F)F. The van der Waals surface area contributed by atoms with Crippen molar-refractivity contribution in [3.8, 4) is 0 Å². The van der Waals surface area contributed by atoms with E-state index in [9.17, 15) is 18.0 Å². The highest BCUT2D eigenvalue weighted by Crippen LogP contribution is 2.30. The van der Waals surface area contributed by atoms with Gasteiger partial charge in [0.1, 0.15) is 0 Å². The van der Waals surface area contributed by atoms with Crippen LogP contribution in [0.5, 0.6) is 0 Å². The molecule has 2 N–H and O–H groups in total. The molecule has 88 valence electrons.